The summed E-state index contributed by atoms with van der Waals surface area (Å²) in [4.78, 5) is 11.3. The van der Waals surface area contributed by atoms with Crippen LogP contribution in [0.2, 0.25) is 4.47 Å². The van der Waals surface area contributed by atoms with Crippen LogP contribution >= 0.6 is 22.9 Å². The largest absolute Gasteiger partial charge is 0.350 e. The van der Waals surface area contributed by atoms with Crippen LogP contribution in [0, 0.1) is 5.92 Å². The molecule has 0 unspecified atom stereocenters. The fourth-order valence-corrected chi connectivity index (χ4v) is 1.68. The summed E-state index contributed by atoms with van der Waals surface area (Å²) in [5.41, 5.74) is 0. The van der Waals surface area contributed by atoms with Gasteiger partial charge < -0.3 is 5.32 Å². The van der Waals surface area contributed by atoms with Crippen LogP contribution in [0.25, 0.3) is 0 Å². The average molecular weight is 218 g/mol. The molecule has 1 amide bonds. The molecular formula is C7H8ClN3OS. The number of carbonyl (C=O) groups excluding carboxylic acids is 1. The molecule has 0 spiro atoms. The highest BCUT2D eigenvalue weighted by Gasteiger charge is 2.22. The van der Waals surface area contributed by atoms with Crippen molar-refractivity contribution in [3.8, 4) is 0 Å². The van der Waals surface area contributed by atoms with Crippen molar-refractivity contribution < 1.29 is 4.79 Å². The second-order valence-electron chi connectivity index (χ2n) is 3.01. The Labute approximate surface area is 84.3 Å². The van der Waals surface area contributed by atoms with Crippen LogP contribution in [0.4, 0.5) is 0 Å². The third-order valence-electron chi connectivity index (χ3n) is 1.84. The van der Waals surface area contributed by atoms with Crippen LogP contribution in [0.15, 0.2) is 0 Å². The van der Waals surface area contributed by atoms with Crippen molar-refractivity contribution in [3.05, 3.63) is 9.47 Å². The zero-order valence-corrected chi connectivity index (χ0v) is 8.36. The predicted octanol–water partition coefficient (Wildman–Crippen LogP) is 1.33. The Morgan fingerprint density at radius 1 is 1.62 bits per heavy atom. The fraction of sp³-hybridized carbons (Fsp3) is 0.571. The predicted molar refractivity (Wildman–Crippen MR) is 50.0 cm³/mol. The van der Waals surface area contributed by atoms with Crippen LogP contribution < -0.4 is 5.32 Å². The number of halogens is 1. The standard InChI is InChI=1S/C7H8ClN3OS/c8-7-11-10-6(13-7)5(12)9-3-4-1-2-4/h4H,1-3H2,(H,9,12). The minimum atomic E-state index is -0.170. The number of amides is 1. The van der Waals surface area contributed by atoms with Gasteiger partial charge in [-0.2, -0.15) is 0 Å². The van der Waals surface area contributed by atoms with Gasteiger partial charge in [0, 0.05) is 6.54 Å². The molecule has 0 bridgehead atoms. The number of aromatic nitrogens is 2. The Morgan fingerprint density at radius 2 is 2.38 bits per heavy atom. The van der Waals surface area contributed by atoms with Gasteiger partial charge in [-0.1, -0.05) is 11.3 Å². The van der Waals surface area contributed by atoms with Crippen LogP contribution in [-0.4, -0.2) is 22.6 Å². The maximum atomic E-state index is 11.3. The van der Waals surface area contributed by atoms with E-state index >= 15 is 0 Å². The van der Waals surface area contributed by atoms with Gasteiger partial charge in [-0.05, 0) is 30.4 Å². The summed E-state index contributed by atoms with van der Waals surface area (Å²) in [7, 11) is 0. The molecule has 1 saturated carbocycles. The second-order valence-corrected chi connectivity index (χ2v) is 4.57. The number of nitrogens with one attached hydrogen (secondary N) is 1. The van der Waals surface area contributed by atoms with E-state index in [1.165, 1.54) is 12.8 Å². The SMILES string of the molecule is O=C(NCC1CC1)c1nnc(Cl)s1. The molecule has 13 heavy (non-hydrogen) atoms. The third kappa shape index (κ3) is 2.38. The fourth-order valence-electron chi connectivity index (χ4n) is 0.932. The molecule has 4 nitrogen and oxygen atoms in total. The normalized spacial score (nSPS) is 15.8. The maximum Gasteiger partial charge on any atom is 0.282 e. The molecule has 0 radical (unpaired) electrons. The molecule has 1 aromatic rings. The van der Waals surface area contributed by atoms with E-state index in [1.54, 1.807) is 0 Å². The van der Waals surface area contributed by atoms with E-state index in [1.807, 2.05) is 0 Å². The lowest BCUT2D eigenvalue weighted by atomic mass is 10.4. The van der Waals surface area contributed by atoms with Crippen molar-refractivity contribution >= 4 is 28.8 Å². The topological polar surface area (TPSA) is 54.9 Å². The number of carbonyl (C=O) groups is 1. The van der Waals surface area contributed by atoms with Crippen molar-refractivity contribution in [1.29, 1.82) is 0 Å². The number of hydrogen-bond acceptors (Lipinski definition) is 4. The summed E-state index contributed by atoms with van der Waals surface area (Å²) in [5, 5.41) is 10.3. The lowest BCUT2D eigenvalue weighted by Gasteiger charge is -1.98. The summed E-state index contributed by atoms with van der Waals surface area (Å²) in [6.45, 7) is 0.746. The van der Waals surface area contributed by atoms with Crippen LogP contribution in [0.5, 0.6) is 0 Å². The molecule has 1 fully saturated rings. The van der Waals surface area contributed by atoms with E-state index in [-0.39, 0.29) is 5.91 Å². The number of hydrogen-bond donors (Lipinski definition) is 1. The molecule has 0 atom stereocenters. The smallest absolute Gasteiger partial charge is 0.282 e. The zero-order chi connectivity index (χ0) is 9.26. The molecule has 1 N–H and O–H groups in total. The van der Waals surface area contributed by atoms with Crippen molar-refractivity contribution in [3.63, 3.8) is 0 Å². The summed E-state index contributed by atoms with van der Waals surface area (Å²) in [6, 6.07) is 0. The molecule has 0 saturated heterocycles. The van der Waals surface area contributed by atoms with Gasteiger partial charge >= 0.3 is 0 Å². The Hall–Kier alpha value is -0.680. The molecular weight excluding hydrogens is 210 g/mol. The van der Waals surface area contributed by atoms with Gasteiger partial charge in [0.25, 0.3) is 5.91 Å². The lowest BCUT2D eigenvalue weighted by molar-refractivity contribution is 0.0950. The van der Waals surface area contributed by atoms with Crippen LogP contribution in [0.3, 0.4) is 0 Å². The molecule has 1 heterocycles. The van der Waals surface area contributed by atoms with Crippen molar-refractivity contribution in [2.75, 3.05) is 6.54 Å². The first-order chi connectivity index (χ1) is 6.25. The van der Waals surface area contributed by atoms with Gasteiger partial charge in [0.05, 0.1) is 0 Å². The monoisotopic (exact) mass is 217 g/mol. The van der Waals surface area contributed by atoms with Crippen molar-refractivity contribution in [2.24, 2.45) is 5.92 Å². The number of nitrogens with zero attached hydrogens (tertiary/aromatic N) is 2. The molecule has 70 valence electrons. The Kier molecular flexibility index (Phi) is 2.46. The second kappa shape index (κ2) is 3.59. The van der Waals surface area contributed by atoms with E-state index in [9.17, 15) is 4.79 Å². The summed E-state index contributed by atoms with van der Waals surface area (Å²) in [6.07, 6.45) is 2.44. The Morgan fingerprint density at radius 3 is 2.92 bits per heavy atom. The van der Waals surface area contributed by atoms with Crippen LogP contribution in [0.1, 0.15) is 22.6 Å². The summed E-state index contributed by atoms with van der Waals surface area (Å²) in [5.74, 6) is 0.503. The first-order valence-electron chi connectivity index (χ1n) is 4.03. The molecule has 6 heteroatoms. The highest BCUT2D eigenvalue weighted by Crippen LogP contribution is 2.27. The molecule has 2 rings (SSSR count). The van der Waals surface area contributed by atoms with E-state index in [0.29, 0.717) is 15.4 Å². The highest BCUT2D eigenvalue weighted by molar-refractivity contribution is 7.17. The molecule has 0 aromatic carbocycles. The van der Waals surface area contributed by atoms with Crippen molar-refractivity contribution in [2.45, 2.75) is 12.8 Å². The average Bonchev–Trinajstić information content (AvgIpc) is 2.84. The Bertz CT molecular complexity index is 323. The lowest BCUT2D eigenvalue weighted by Crippen LogP contribution is -2.25. The summed E-state index contributed by atoms with van der Waals surface area (Å²) < 4.78 is 0.302. The van der Waals surface area contributed by atoms with Gasteiger partial charge in [-0.25, -0.2) is 0 Å². The first-order valence-corrected chi connectivity index (χ1v) is 5.22. The minimum absolute atomic E-state index is 0.170. The van der Waals surface area contributed by atoms with E-state index in [2.05, 4.69) is 15.5 Å². The maximum absolute atomic E-state index is 11.3. The van der Waals surface area contributed by atoms with Gasteiger partial charge in [-0.3, -0.25) is 4.79 Å². The van der Waals surface area contributed by atoms with Crippen molar-refractivity contribution in [1.82, 2.24) is 15.5 Å². The zero-order valence-electron chi connectivity index (χ0n) is 6.79. The molecule has 0 aliphatic heterocycles. The van der Waals surface area contributed by atoms with Gasteiger partial charge in [0.1, 0.15) is 0 Å². The summed E-state index contributed by atoms with van der Waals surface area (Å²) >= 11 is 6.64. The van der Waals surface area contributed by atoms with Crippen LogP contribution in [-0.2, 0) is 0 Å². The van der Waals surface area contributed by atoms with E-state index in [4.69, 9.17) is 11.6 Å². The molecule has 1 aliphatic rings. The molecule has 1 aromatic heterocycles. The first kappa shape index (κ1) is 8.90. The molecule has 1 aliphatic carbocycles. The van der Waals surface area contributed by atoms with Gasteiger partial charge in [-0.15, -0.1) is 10.2 Å². The van der Waals surface area contributed by atoms with Gasteiger partial charge in [0.15, 0.2) is 0 Å². The minimum Gasteiger partial charge on any atom is -0.350 e. The highest BCUT2D eigenvalue weighted by atomic mass is 35.5. The van der Waals surface area contributed by atoms with E-state index < -0.39 is 0 Å². The third-order valence-corrected chi connectivity index (χ3v) is 2.86. The quantitative estimate of drug-likeness (QED) is 0.831. The number of rotatable bonds is 3. The van der Waals surface area contributed by atoms with Gasteiger partial charge in [0.2, 0.25) is 9.47 Å². The van der Waals surface area contributed by atoms with E-state index in [0.717, 1.165) is 17.9 Å². The Balaban J connectivity index is 1.88.